The minimum atomic E-state index is 0.640. The van der Waals surface area contributed by atoms with Crippen molar-refractivity contribution in [2.45, 2.75) is 13.3 Å². The summed E-state index contributed by atoms with van der Waals surface area (Å²) in [5, 5.41) is 4.29. The fourth-order valence-corrected chi connectivity index (χ4v) is 3.45. The molecule has 0 fully saturated rings. The maximum atomic E-state index is 5.70. The van der Waals surface area contributed by atoms with E-state index in [1.165, 1.54) is 11.3 Å². The predicted molar refractivity (Wildman–Crippen MR) is 96.9 cm³/mol. The molecule has 25 heavy (non-hydrogen) atoms. The molecule has 3 heterocycles. The van der Waals surface area contributed by atoms with Gasteiger partial charge in [0.25, 0.3) is 0 Å². The number of para-hydroxylation sites is 1. The highest BCUT2D eigenvalue weighted by Crippen LogP contribution is 2.38. The van der Waals surface area contributed by atoms with Crippen molar-refractivity contribution in [3.8, 4) is 11.3 Å². The highest BCUT2D eigenvalue weighted by Gasteiger charge is 2.26. The molecular weight excluding hydrogens is 312 g/mol. The SMILES string of the molecule is Cc1nc(N2CCc3ccccc32)c2onc(-c3ccccc3)c2n1. The number of benzene rings is 2. The van der Waals surface area contributed by atoms with Crippen LogP contribution in [0, 0.1) is 6.92 Å². The highest BCUT2D eigenvalue weighted by atomic mass is 16.5. The van der Waals surface area contributed by atoms with Crippen LogP contribution < -0.4 is 4.90 Å². The van der Waals surface area contributed by atoms with Gasteiger partial charge in [-0.1, -0.05) is 53.7 Å². The van der Waals surface area contributed by atoms with Crippen molar-refractivity contribution in [2.24, 2.45) is 0 Å². The van der Waals surface area contributed by atoms with Gasteiger partial charge >= 0.3 is 0 Å². The van der Waals surface area contributed by atoms with E-state index in [4.69, 9.17) is 4.52 Å². The number of fused-ring (bicyclic) bond motifs is 2. The van der Waals surface area contributed by atoms with Crippen LogP contribution in [0.2, 0.25) is 0 Å². The highest BCUT2D eigenvalue weighted by molar-refractivity contribution is 5.95. The Morgan fingerprint density at radius 3 is 2.64 bits per heavy atom. The van der Waals surface area contributed by atoms with E-state index < -0.39 is 0 Å². The average molecular weight is 328 g/mol. The summed E-state index contributed by atoms with van der Waals surface area (Å²) in [5.41, 5.74) is 5.66. The molecule has 1 aliphatic heterocycles. The Hall–Kier alpha value is -3.21. The molecule has 0 atom stereocenters. The second kappa shape index (κ2) is 5.41. The number of rotatable bonds is 2. The van der Waals surface area contributed by atoms with Crippen LogP contribution >= 0.6 is 0 Å². The normalized spacial score (nSPS) is 13.4. The maximum Gasteiger partial charge on any atom is 0.228 e. The number of nitrogens with zero attached hydrogens (tertiary/aromatic N) is 4. The molecule has 0 N–H and O–H groups in total. The third-order valence-corrected chi connectivity index (χ3v) is 4.60. The maximum absolute atomic E-state index is 5.70. The Kier molecular flexibility index (Phi) is 3.06. The van der Waals surface area contributed by atoms with Gasteiger partial charge in [-0.15, -0.1) is 0 Å². The summed E-state index contributed by atoms with van der Waals surface area (Å²) in [6, 6.07) is 18.4. The lowest BCUT2D eigenvalue weighted by Crippen LogP contribution is -2.15. The lowest BCUT2D eigenvalue weighted by molar-refractivity contribution is 0.458. The Morgan fingerprint density at radius 2 is 1.76 bits per heavy atom. The van der Waals surface area contributed by atoms with Crippen molar-refractivity contribution in [1.29, 1.82) is 0 Å². The van der Waals surface area contributed by atoms with Crippen LogP contribution in [0.1, 0.15) is 11.4 Å². The molecule has 5 rings (SSSR count). The van der Waals surface area contributed by atoms with E-state index >= 15 is 0 Å². The molecule has 122 valence electrons. The molecule has 2 aromatic carbocycles. The molecule has 5 nitrogen and oxygen atoms in total. The lowest BCUT2D eigenvalue weighted by atomic mass is 10.1. The Morgan fingerprint density at radius 1 is 0.960 bits per heavy atom. The van der Waals surface area contributed by atoms with Crippen molar-refractivity contribution in [2.75, 3.05) is 11.4 Å². The van der Waals surface area contributed by atoms with Gasteiger partial charge in [-0.2, -0.15) is 0 Å². The third kappa shape index (κ3) is 2.20. The summed E-state index contributed by atoms with van der Waals surface area (Å²) >= 11 is 0. The number of aromatic nitrogens is 3. The molecule has 0 radical (unpaired) electrons. The molecular formula is C20H16N4O. The third-order valence-electron chi connectivity index (χ3n) is 4.60. The topological polar surface area (TPSA) is 55.1 Å². The van der Waals surface area contributed by atoms with Crippen LogP contribution in [-0.2, 0) is 6.42 Å². The molecule has 0 saturated heterocycles. The van der Waals surface area contributed by atoms with Crippen molar-refractivity contribution < 1.29 is 4.52 Å². The zero-order valence-electron chi connectivity index (χ0n) is 13.8. The summed E-state index contributed by atoms with van der Waals surface area (Å²) in [4.78, 5) is 11.5. The fourth-order valence-electron chi connectivity index (χ4n) is 3.45. The summed E-state index contributed by atoms with van der Waals surface area (Å²) < 4.78 is 5.70. The van der Waals surface area contributed by atoms with E-state index in [2.05, 4.69) is 44.3 Å². The van der Waals surface area contributed by atoms with Gasteiger partial charge < -0.3 is 9.42 Å². The predicted octanol–water partition coefficient (Wildman–Crippen LogP) is 4.29. The van der Waals surface area contributed by atoms with Gasteiger partial charge in [0, 0.05) is 17.8 Å². The van der Waals surface area contributed by atoms with Crippen LogP contribution in [-0.4, -0.2) is 21.7 Å². The van der Waals surface area contributed by atoms with Crippen molar-refractivity contribution in [1.82, 2.24) is 15.1 Å². The summed E-state index contributed by atoms with van der Waals surface area (Å²) in [5.74, 6) is 1.51. The fraction of sp³-hybridized carbons (Fsp3) is 0.150. The first-order valence-corrected chi connectivity index (χ1v) is 8.36. The molecule has 0 amide bonds. The van der Waals surface area contributed by atoms with E-state index in [9.17, 15) is 0 Å². The van der Waals surface area contributed by atoms with Gasteiger partial charge in [0.05, 0.1) is 0 Å². The van der Waals surface area contributed by atoms with Crippen molar-refractivity contribution >= 4 is 22.6 Å². The summed E-state index contributed by atoms with van der Waals surface area (Å²) in [6.45, 7) is 2.79. The molecule has 5 heteroatoms. The zero-order valence-corrected chi connectivity index (χ0v) is 13.8. The van der Waals surface area contributed by atoms with Gasteiger partial charge in [0.2, 0.25) is 5.58 Å². The van der Waals surface area contributed by atoms with E-state index in [0.29, 0.717) is 11.4 Å². The zero-order chi connectivity index (χ0) is 16.8. The molecule has 4 aromatic rings. The minimum absolute atomic E-state index is 0.640. The number of anilines is 2. The molecule has 2 aromatic heterocycles. The minimum Gasteiger partial charge on any atom is -0.350 e. The standard InChI is InChI=1S/C20H16N4O/c1-13-21-18-17(15-8-3-2-4-9-15)23-25-19(18)20(22-13)24-12-11-14-7-5-6-10-16(14)24/h2-10H,11-12H2,1H3. The van der Waals surface area contributed by atoms with Gasteiger partial charge in [-0.3, -0.25) is 0 Å². The number of aryl methyl sites for hydroxylation is 1. The molecule has 0 spiro atoms. The molecule has 0 bridgehead atoms. The van der Waals surface area contributed by atoms with Crippen LogP contribution in [0.25, 0.3) is 22.4 Å². The molecule has 1 aliphatic rings. The van der Waals surface area contributed by atoms with Crippen LogP contribution in [0.4, 0.5) is 11.5 Å². The molecule has 0 aliphatic carbocycles. The van der Waals surface area contributed by atoms with Crippen LogP contribution in [0.5, 0.6) is 0 Å². The lowest BCUT2D eigenvalue weighted by Gasteiger charge is -2.18. The van der Waals surface area contributed by atoms with Crippen LogP contribution in [0.3, 0.4) is 0 Å². The number of hydrogen-bond donors (Lipinski definition) is 0. The first-order valence-electron chi connectivity index (χ1n) is 8.36. The van der Waals surface area contributed by atoms with Crippen molar-refractivity contribution in [3.63, 3.8) is 0 Å². The van der Waals surface area contributed by atoms with Gasteiger partial charge in [0.1, 0.15) is 17.0 Å². The van der Waals surface area contributed by atoms with Crippen molar-refractivity contribution in [3.05, 3.63) is 66.0 Å². The average Bonchev–Trinajstić information content (AvgIpc) is 3.26. The Bertz CT molecular complexity index is 1070. The van der Waals surface area contributed by atoms with E-state index in [-0.39, 0.29) is 0 Å². The smallest absolute Gasteiger partial charge is 0.228 e. The largest absolute Gasteiger partial charge is 0.350 e. The summed E-state index contributed by atoms with van der Waals surface area (Å²) in [7, 11) is 0. The quantitative estimate of drug-likeness (QED) is 0.549. The number of hydrogen-bond acceptors (Lipinski definition) is 5. The first kappa shape index (κ1) is 14.2. The van der Waals surface area contributed by atoms with Gasteiger partial charge in [-0.25, -0.2) is 9.97 Å². The monoisotopic (exact) mass is 328 g/mol. The summed E-state index contributed by atoms with van der Waals surface area (Å²) in [6.07, 6.45) is 1.00. The molecule has 0 unspecified atom stereocenters. The second-order valence-corrected chi connectivity index (χ2v) is 6.20. The second-order valence-electron chi connectivity index (χ2n) is 6.20. The Labute approximate surface area is 144 Å². The first-order chi connectivity index (χ1) is 12.3. The van der Waals surface area contributed by atoms with Gasteiger partial charge in [-0.05, 0) is 25.0 Å². The van der Waals surface area contributed by atoms with E-state index in [0.717, 1.165) is 35.6 Å². The van der Waals surface area contributed by atoms with Crippen LogP contribution in [0.15, 0.2) is 59.1 Å². The van der Waals surface area contributed by atoms with E-state index in [1.54, 1.807) is 0 Å². The Balaban J connectivity index is 1.72. The van der Waals surface area contributed by atoms with E-state index in [1.807, 2.05) is 37.3 Å². The van der Waals surface area contributed by atoms with Gasteiger partial charge in [0.15, 0.2) is 5.82 Å². The molecule has 0 saturated carbocycles.